The van der Waals surface area contributed by atoms with Crippen LogP contribution < -0.4 is 5.32 Å². The number of rotatable bonds is 7. The average molecular weight is 361 g/mol. The largest absolute Gasteiger partial charge is 0.464 e. The van der Waals surface area contributed by atoms with Crippen molar-refractivity contribution in [3.63, 3.8) is 0 Å². The van der Waals surface area contributed by atoms with Gasteiger partial charge in [0.25, 0.3) is 0 Å². The molecule has 2 amide bonds. The molecule has 1 heterocycles. The second-order valence-electron chi connectivity index (χ2n) is 5.52. The van der Waals surface area contributed by atoms with Crippen LogP contribution in [0.1, 0.15) is 41.3 Å². The number of aryl methyl sites for hydroxylation is 1. The van der Waals surface area contributed by atoms with E-state index in [9.17, 15) is 9.59 Å². The van der Waals surface area contributed by atoms with E-state index >= 15 is 0 Å². The second-order valence-corrected chi connectivity index (χ2v) is 6.46. The van der Waals surface area contributed by atoms with E-state index in [1.54, 1.807) is 10.3 Å². The highest BCUT2D eigenvalue weighted by Gasteiger charge is 2.17. The first-order valence-corrected chi connectivity index (χ1v) is 9.12. The van der Waals surface area contributed by atoms with E-state index in [1.807, 2.05) is 31.2 Å². The Kier molecular flexibility index (Phi) is 6.94. The van der Waals surface area contributed by atoms with Crippen molar-refractivity contribution in [2.24, 2.45) is 0 Å². The Morgan fingerprint density at radius 3 is 2.56 bits per heavy atom. The van der Waals surface area contributed by atoms with Crippen LogP contribution >= 0.6 is 11.3 Å². The monoisotopic (exact) mass is 361 g/mol. The molecule has 6 nitrogen and oxygen atoms in total. The lowest BCUT2D eigenvalue weighted by Gasteiger charge is -2.21. The van der Waals surface area contributed by atoms with Gasteiger partial charge in [0.2, 0.25) is 0 Å². The van der Waals surface area contributed by atoms with Gasteiger partial charge in [-0.15, -0.1) is 11.3 Å². The van der Waals surface area contributed by atoms with E-state index in [1.165, 1.54) is 24.0 Å². The zero-order valence-electron chi connectivity index (χ0n) is 14.7. The predicted molar refractivity (Wildman–Crippen MR) is 99.0 cm³/mol. The van der Waals surface area contributed by atoms with Crippen molar-refractivity contribution < 1.29 is 14.3 Å². The van der Waals surface area contributed by atoms with E-state index in [0.29, 0.717) is 18.1 Å². The molecule has 7 heteroatoms. The Morgan fingerprint density at radius 2 is 1.96 bits per heavy atom. The minimum absolute atomic E-state index is 0.180. The molecule has 134 valence electrons. The van der Waals surface area contributed by atoms with Crippen molar-refractivity contribution in [3.05, 3.63) is 45.9 Å². The van der Waals surface area contributed by atoms with Crippen LogP contribution in [0.15, 0.2) is 29.6 Å². The van der Waals surface area contributed by atoms with Crippen LogP contribution in [-0.4, -0.2) is 35.5 Å². The number of carbonyl (C=O) groups excluding carboxylic acids is 2. The zero-order valence-corrected chi connectivity index (χ0v) is 15.6. The first-order chi connectivity index (χ1) is 12.1. The number of hydrogen-bond acceptors (Lipinski definition) is 5. The SMILES string of the molecule is CCCN(Cc1nc(C(=O)OC)cs1)C(=O)Nc1ccc(CC)cc1. The number of nitrogens with zero attached hydrogens (tertiary/aromatic N) is 2. The Balaban J connectivity index is 2.04. The van der Waals surface area contributed by atoms with Gasteiger partial charge in [-0.25, -0.2) is 14.6 Å². The number of amides is 2. The van der Waals surface area contributed by atoms with E-state index in [-0.39, 0.29) is 11.7 Å². The minimum atomic E-state index is -0.468. The van der Waals surface area contributed by atoms with Gasteiger partial charge in [0.15, 0.2) is 5.69 Å². The molecule has 0 atom stereocenters. The molecule has 0 fully saturated rings. The van der Waals surface area contributed by atoms with Gasteiger partial charge >= 0.3 is 12.0 Å². The first kappa shape index (κ1) is 18.9. The molecular weight excluding hydrogens is 338 g/mol. The maximum absolute atomic E-state index is 12.6. The molecule has 1 N–H and O–H groups in total. The lowest BCUT2D eigenvalue weighted by molar-refractivity contribution is 0.0594. The van der Waals surface area contributed by atoms with E-state index < -0.39 is 5.97 Å². The molecule has 1 aromatic heterocycles. The van der Waals surface area contributed by atoms with Gasteiger partial charge < -0.3 is 15.0 Å². The first-order valence-electron chi connectivity index (χ1n) is 8.25. The normalized spacial score (nSPS) is 10.4. The van der Waals surface area contributed by atoms with Gasteiger partial charge in [0, 0.05) is 17.6 Å². The summed E-state index contributed by atoms with van der Waals surface area (Å²) in [5.74, 6) is -0.468. The molecular formula is C18H23N3O3S. The molecule has 0 bridgehead atoms. The Morgan fingerprint density at radius 1 is 1.24 bits per heavy atom. The minimum Gasteiger partial charge on any atom is -0.464 e. The van der Waals surface area contributed by atoms with Gasteiger partial charge in [-0.2, -0.15) is 0 Å². The summed E-state index contributed by atoms with van der Waals surface area (Å²) in [6.45, 7) is 5.06. The predicted octanol–water partition coefficient (Wildman–Crippen LogP) is 3.94. The standard InChI is InChI=1S/C18H23N3O3S/c1-4-10-21(11-16-20-15(12-25-16)17(22)24-3)18(23)19-14-8-6-13(5-2)7-9-14/h6-9,12H,4-5,10-11H2,1-3H3,(H,19,23). The molecule has 25 heavy (non-hydrogen) atoms. The fourth-order valence-corrected chi connectivity index (χ4v) is 3.07. The summed E-state index contributed by atoms with van der Waals surface area (Å²) >= 11 is 1.34. The molecule has 1 aromatic carbocycles. The van der Waals surface area contributed by atoms with Crippen LogP contribution in [0.4, 0.5) is 10.5 Å². The van der Waals surface area contributed by atoms with Crippen molar-refractivity contribution in [1.29, 1.82) is 0 Å². The van der Waals surface area contributed by atoms with Crippen LogP contribution in [-0.2, 0) is 17.7 Å². The van der Waals surface area contributed by atoms with Crippen LogP contribution in [0, 0.1) is 0 Å². The van der Waals surface area contributed by atoms with Gasteiger partial charge in [0.05, 0.1) is 13.7 Å². The summed E-state index contributed by atoms with van der Waals surface area (Å²) in [5, 5.41) is 5.26. The number of urea groups is 1. The molecule has 0 aliphatic heterocycles. The van der Waals surface area contributed by atoms with E-state index in [0.717, 1.165) is 18.5 Å². The highest BCUT2D eigenvalue weighted by molar-refractivity contribution is 7.09. The number of anilines is 1. The van der Waals surface area contributed by atoms with Crippen molar-refractivity contribution in [2.45, 2.75) is 33.2 Å². The summed E-state index contributed by atoms with van der Waals surface area (Å²) in [7, 11) is 1.32. The Hall–Kier alpha value is -2.41. The molecule has 0 radical (unpaired) electrons. The number of methoxy groups -OCH3 is 1. The molecule has 2 aromatic rings. The van der Waals surface area contributed by atoms with Crippen molar-refractivity contribution >= 4 is 29.0 Å². The number of esters is 1. The number of nitrogens with one attached hydrogen (secondary N) is 1. The molecule has 0 spiro atoms. The average Bonchev–Trinajstić information content (AvgIpc) is 3.10. The number of ether oxygens (including phenoxy) is 1. The van der Waals surface area contributed by atoms with Crippen LogP contribution in [0.2, 0.25) is 0 Å². The van der Waals surface area contributed by atoms with Crippen molar-refractivity contribution in [3.8, 4) is 0 Å². The summed E-state index contributed by atoms with van der Waals surface area (Å²) in [4.78, 5) is 30.0. The highest BCUT2D eigenvalue weighted by Crippen LogP contribution is 2.16. The summed E-state index contributed by atoms with van der Waals surface area (Å²) in [5.41, 5.74) is 2.26. The molecule has 0 aliphatic rings. The smallest absolute Gasteiger partial charge is 0.357 e. The molecule has 2 rings (SSSR count). The molecule has 0 saturated carbocycles. The van der Waals surface area contributed by atoms with Crippen LogP contribution in [0.25, 0.3) is 0 Å². The number of carbonyl (C=O) groups is 2. The number of thiazole rings is 1. The molecule has 0 aliphatic carbocycles. The Bertz CT molecular complexity index is 713. The van der Waals surface area contributed by atoms with E-state index in [2.05, 4.69) is 22.0 Å². The summed E-state index contributed by atoms with van der Waals surface area (Å²) in [6, 6.07) is 7.63. The quantitative estimate of drug-likeness (QED) is 0.758. The third kappa shape index (κ3) is 5.29. The van der Waals surface area contributed by atoms with Gasteiger partial charge in [0.1, 0.15) is 5.01 Å². The lowest BCUT2D eigenvalue weighted by Crippen LogP contribution is -2.35. The third-order valence-corrected chi connectivity index (χ3v) is 4.50. The van der Waals surface area contributed by atoms with Gasteiger partial charge in [-0.05, 0) is 30.5 Å². The fourth-order valence-electron chi connectivity index (χ4n) is 2.29. The van der Waals surface area contributed by atoms with Crippen molar-refractivity contribution in [1.82, 2.24) is 9.88 Å². The third-order valence-electron chi connectivity index (χ3n) is 3.67. The topological polar surface area (TPSA) is 71.5 Å². The van der Waals surface area contributed by atoms with Crippen LogP contribution in [0.5, 0.6) is 0 Å². The van der Waals surface area contributed by atoms with Crippen LogP contribution in [0.3, 0.4) is 0 Å². The fraction of sp³-hybridized carbons (Fsp3) is 0.389. The number of aromatic nitrogens is 1. The molecule has 0 unspecified atom stereocenters. The Labute approximate surface area is 151 Å². The maximum atomic E-state index is 12.6. The zero-order chi connectivity index (χ0) is 18.2. The number of hydrogen-bond donors (Lipinski definition) is 1. The highest BCUT2D eigenvalue weighted by atomic mass is 32.1. The van der Waals surface area contributed by atoms with Gasteiger partial charge in [-0.1, -0.05) is 26.0 Å². The van der Waals surface area contributed by atoms with Crippen molar-refractivity contribution in [2.75, 3.05) is 19.0 Å². The molecule has 0 saturated heterocycles. The second kappa shape index (κ2) is 9.17. The summed E-state index contributed by atoms with van der Waals surface area (Å²) in [6.07, 6.45) is 1.79. The maximum Gasteiger partial charge on any atom is 0.357 e. The number of benzene rings is 1. The van der Waals surface area contributed by atoms with Gasteiger partial charge in [-0.3, -0.25) is 0 Å². The summed E-state index contributed by atoms with van der Waals surface area (Å²) < 4.78 is 4.66. The van der Waals surface area contributed by atoms with E-state index in [4.69, 9.17) is 0 Å². The lowest BCUT2D eigenvalue weighted by atomic mass is 10.1.